The molecule has 0 saturated carbocycles. The van der Waals surface area contributed by atoms with Crippen molar-refractivity contribution in [3.05, 3.63) is 22.4 Å². The number of hydrogen-bond acceptors (Lipinski definition) is 5. The fraction of sp³-hybridized carbons (Fsp3) is 0.700. The summed E-state index contributed by atoms with van der Waals surface area (Å²) in [6.45, 7) is 10.9. The number of likely N-dealkylation sites (tertiary alicyclic amines) is 1. The summed E-state index contributed by atoms with van der Waals surface area (Å²) < 4.78 is 5.09. The normalized spacial score (nSPS) is 16.9. The standard InChI is InChI=1S/C20H35N5O2S/c1-5-24(6-2)18(16-10-13-28-15-16)14-22-19(21-4)23-17-8-11-25(12-9-17)20(26)27-7-3/h10,13,15,17-18H,5-9,11-12,14H2,1-4H3,(H2,21,22,23). The van der Waals surface area contributed by atoms with Crippen molar-refractivity contribution >= 4 is 23.4 Å². The van der Waals surface area contributed by atoms with Crippen LogP contribution in [0, 0.1) is 0 Å². The smallest absolute Gasteiger partial charge is 0.409 e. The molecule has 1 aliphatic heterocycles. The van der Waals surface area contributed by atoms with Gasteiger partial charge in [-0.25, -0.2) is 4.79 Å². The lowest BCUT2D eigenvalue weighted by Gasteiger charge is -2.33. The number of ether oxygens (including phenoxy) is 1. The number of guanidine groups is 1. The van der Waals surface area contributed by atoms with Crippen LogP contribution in [0.15, 0.2) is 21.8 Å². The maximum absolute atomic E-state index is 11.8. The van der Waals surface area contributed by atoms with Crippen molar-refractivity contribution < 1.29 is 9.53 Å². The number of piperidine rings is 1. The minimum atomic E-state index is -0.207. The molecule has 1 aromatic heterocycles. The summed E-state index contributed by atoms with van der Waals surface area (Å²) in [7, 11) is 1.81. The van der Waals surface area contributed by atoms with Crippen LogP contribution in [0.2, 0.25) is 0 Å². The highest BCUT2D eigenvalue weighted by atomic mass is 32.1. The third kappa shape index (κ3) is 6.38. The van der Waals surface area contributed by atoms with Crippen LogP contribution < -0.4 is 10.6 Å². The molecule has 2 heterocycles. The molecule has 1 aromatic rings. The van der Waals surface area contributed by atoms with Gasteiger partial charge in [-0.05, 0) is 55.2 Å². The van der Waals surface area contributed by atoms with E-state index in [0.29, 0.717) is 31.8 Å². The molecule has 2 rings (SSSR count). The van der Waals surface area contributed by atoms with Crippen LogP contribution in [-0.4, -0.2) is 74.3 Å². The van der Waals surface area contributed by atoms with Crippen LogP contribution in [-0.2, 0) is 4.74 Å². The Labute approximate surface area is 173 Å². The van der Waals surface area contributed by atoms with Crippen LogP contribution in [0.3, 0.4) is 0 Å². The van der Waals surface area contributed by atoms with Gasteiger partial charge in [-0.2, -0.15) is 11.3 Å². The minimum Gasteiger partial charge on any atom is -0.450 e. The number of rotatable bonds is 8. The fourth-order valence-corrected chi connectivity index (χ4v) is 4.30. The summed E-state index contributed by atoms with van der Waals surface area (Å²) >= 11 is 1.74. The number of nitrogens with one attached hydrogen (secondary N) is 2. The number of likely N-dealkylation sites (N-methyl/N-ethyl adjacent to an activating group) is 1. The van der Waals surface area contributed by atoms with Crippen LogP contribution in [0.5, 0.6) is 0 Å². The van der Waals surface area contributed by atoms with Gasteiger partial charge in [0.15, 0.2) is 5.96 Å². The Morgan fingerprint density at radius 1 is 1.36 bits per heavy atom. The van der Waals surface area contributed by atoms with E-state index in [-0.39, 0.29) is 6.09 Å². The Balaban J connectivity index is 1.86. The highest BCUT2D eigenvalue weighted by Gasteiger charge is 2.24. The van der Waals surface area contributed by atoms with Gasteiger partial charge in [0.2, 0.25) is 0 Å². The van der Waals surface area contributed by atoms with E-state index in [2.05, 4.69) is 51.2 Å². The lowest BCUT2D eigenvalue weighted by Crippen LogP contribution is -2.51. The third-order valence-electron chi connectivity index (χ3n) is 5.23. The van der Waals surface area contributed by atoms with Crippen LogP contribution in [0.1, 0.15) is 45.2 Å². The van der Waals surface area contributed by atoms with Gasteiger partial charge in [-0.15, -0.1) is 0 Å². The SMILES string of the molecule is CCOC(=O)N1CCC(NC(=NC)NCC(c2ccsc2)N(CC)CC)CC1. The van der Waals surface area contributed by atoms with Crippen molar-refractivity contribution in [2.45, 2.75) is 45.7 Å². The molecule has 8 heteroatoms. The van der Waals surface area contributed by atoms with Crippen molar-refractivity contribution in [3.63, 3.8) is 0 Å². The second-order valence-electron chi connectivity index (χ2n) is 6.85. The molecule has 0 radical (unpaired) electrons. The lowest BCUT2D eigenvalue weighted by atomic mass is 10.1. The molecule has 1 amide bonds. The van der Waals surface area contributed by atoms with Gasteiger partial charge in [0.1, 0.15) is 0 Å². The number of hydrogen-bond donors (Lipinski definition) is 2. The Kier molecular flexibility index (Phi) is 9.57. The van der Waals surface area contributed by atoms with E-state index in [9.17, 15) is 4.79 Å². The molecule has 0 aromatic carbocycles. The Morgan fingerprint density at radius 2 is 2.07 bits per heavy atom. The van der Waals surface area contributed by atoms with Gasteiger partial charge >= 0.3 is 6.09 Å². The van der Waals surface area contributed by atoms with E-state index in [0.717, 1.165) is 38.4 Å². The van der Waals surface area contributed by atoms with Crippen LogP contribution in [0.25, 0.3) is 0 Å². The molecular formula is C20H35N5O2S. The summed E-state index contributed by atoms with van der Waals surface area (Å²) in [5.41, 5.74) is 1.35. The maximum Gasteiger partial charge on any atom is 0.409 e. The predicted octanol–water partition coefficient (Wildman–Crippen LogP) is 2.92. The summed E-state index contributed by atoms with van der Waals surface area (Å²) in [4.78, 5) is 20.5. The largest absolute Gasteiger partial charge is 0.450 e. The molecule has 0 bridgehead atoms. The minimum absolute atomic E-state index is 0.207. The number of thiophene rings is 1. The van der Waals surface area contributed by atoms with E-state index >= 15 is 0 Å². The second-order valence-corrected chi connectivity index (χ2v) is 7.63. The molecule has 28 heavy (non-hydrogen) atoms. The lowest BCUT2D eigenvalue weighted by molar-refractivity contribution is 0.0963. The number of carbonyl (C=O) groups excluding carboxylic acids is 1. The second kappa shape index (κ2) is 11.9. The summed E-state index contributed by atoms with van der Waals surface area (Å²) in [6, 6.07) is 2.84. The zero-order valence-corrected chi connectivity index (χ0v) is 18.4. The van der Waals surface area contributed by atoms with E-state index in [1.165, 1.54) is 5.56 Å². The van der Waals surface area contributed by atoms with Crippen LogP contribution >= 0.6 is 11.3 Å². The van der Waals surface area contributed by atoms with Crippen molar-refractivity contribution in [3.8, 4) is 0 Å². The molecule has 1 unspecified atom stereocenters. The first-order valence-electron chi connectivity index (χ1n) is 10.3. The number of aliphatic imine (C=N–C) groups is 1. The highest BCUT2D eigenvalue weighted by Crippen LogP contribution is 2.22. The van der Waals surface area contributed by atoms with Gasteiger partial charge in [0.05, 0.1) is 12.6 Å². The first-order chi connectivity index (χ1) is 13.6. The molecule has 2 N–H and O–H groups in total. The van der Waals surface area contributed by atoms with E-state index in [1.54, 1.807) is 23.3 Å². The van der Waals surface area contributed by atoms with Crippen molar-refractivity contribution in [1.82, 2.24) is 20.4 Å². The average Bonchev–Trinajstić information content (AvgIpc) is 3.25. The third-order valence-corrected chi connectivity index (χ3v) is 5.93. The Bertz CT molecular complexity index is 596. The van der Waals surface area contributed by atoms with Crippen molar-refractivity contribution in [2.75, 3.05) is 46.4 Å². The summed E-state index contributed by atoms with van der Waals surface area (Å²) in [5, 5.41) is 11.4. The monoisotopic (exact) mass is 409 g/mol. The van der Waals surface area contributed by atoms with Crippen LogP contribution in [0.4, 0.5) is 4.79 Å². The molecule has 158 valence electrons. The average molecular weight is 410 g/mol. The Hall–Kier alpha value is -1.80. The predicted molar refractivity (Wildman–Crippen MR) is 116 cm³/mol. The number of carbonyl (C=O) groups is 1. The molecule has 1 saturated heterocycles. The van der Waals surface area contributed by atoms with Gasteiger partial charge in [0, 0.05) is 32.7 Å². The summed E-state index contributed by atoms with van der Waals surface area (Å²) in [5.74, 6) is 0.821. The van der Waals surface area contributed by atoms with E-state index < -0.39 is 0 Å². The first-order valence-corrected chi connectivity index (χ1v) is 11.2. The quantitative estimate of drug-likeness (QED) is 0.510. The zero-order chi connectivity index (χ0) is 20.4. The molecular weight excluding hydrogens is 374 g/mol. The summed E-state index contributed by atoms with van der Waals surface area (Å²) in [6.07, 6.45) is 1.58. The first kappa shape index (κ1) is 22.5. The number of amides is 1. The van der Waals surface area contributed by atoms with E-state index in [1.807, 2.05) is 6.92 Å². The molecule has 1 fully saturated rings. The van der Waals surface area contributed by atoms with Gasteiger partial charge < -0.3 is 20.3 Å². The molecule has 1 atom stereocenters. The van der Waals surface area contributed by atoms with Gasteiger partial charge in [-0.3, -0.25) is 9.89 Å². The highest BCUT2D eigenvalue weighted by molar-refractivity contribution is 7.07. The Morgan fingerprint density at radius 3 is 2.61 bits per heavy atom. The zero-order valence-electron chi connectivity index (χ0n) is 17.6. The van der Waals surface area contributed by atoms with Crippen molar-refractivity contribution in [2.24, 2.45) is 4.99 Å². The molecule has 7 nitrogen and oxygen atoms in total. The van der Waals surface area contributed by atoms with Crippen molar-refractivity contribution in [1.29, 1.82) is 0 Å². The number of nitrogens with zero attached hydrogens (tertiary/aromatic N) is 3. The molecule has 0 spiro atoms. The molecule has 1 aliphatic rings. The van der Waals surface area contributed by atoms with Gasteiger partial charge in [0.25, 0.3) is 0 Å². The van der Waals surface area contributed by atoms with Gasteiger partial charge in [-0.1, -0.05) is 13.8 Å². The van der Waals surface area contributed by atoms with E-state index in [4.69, 9.17) is 4.74 Å². The maximum atomic E-state index is 11.8. The topological polar surface area (TPSA) is 69.2 Å². The molecule has 0 aliphatic carbocycles. The fourth-order valence-electron chi connectivity index (χ4n) is 3.59.